The third-order valence-electron chi connectivity index (χ3n) is 5.72. The maximum atomic E-state index is 13.2. The Kier molecular flexibility index (Phi) is 8.81. The second kappa shape index (κ2) is 11.8. The number of alkyl halides is 3. The molecule has 1 aliphatic heterocycles. The molecule has 0 saturated carbocycles. The standard InChI is InChI=1S/C24H29F3N6O4/c1-2-29-23(37)32-19-5-4-15(24(25,26)27)10-17(19)22(36)30-11-21(35)31-16-7-8-33(13-16)12-14-3-6-20(34)18(28)9-14/h3-6,9-10,16,34H,2,7-8,11-13,28H2,1H3,(H,30,36)(H,31,35)(H2,29,32,37)/t16-/m0/s1. The molecule has 0 aromatic heterocycles. The number of urea groups is 1. The Morgan fingerprint density at radius 3 is 2.57 bits per heavy atom. The van der Waals surface area contributed by atoms with Crippen molar-refractivity contribution in [3.63, 3.8) is 0 Å². The molecule has 1 aliphatic rings. The van der Waals surface area contributed by atoms with Crippen LogP contribution < -0.4 is 27.0 Å². The molecule has 1 atom stereocenters. The van der Waals surface area contributed by atoms with Crippen LogP contribution in [0.1, 0.15) is 34.8 Å². The van der Waals surface area contributed by atoms with E-state index in [9.17, 15) is 32.7 Å². The van der Waals surface area contributed by atoms with Crippen LogP contribution in [-0.4, -0.2) is 60.1 Å². The highest BCUT2D eigenvalue weighted by atomic mass is 19.4. The lowest BCUT2D eigenvalue weighted by atomic mass is 10.1. The lowest BCUT2D eigenvalue weighted by Crippen LogP contribution is -2.43. The quantitative estimate of drug-likeness (QED) is 0.231. The number of likely N-dealkylation sites (tertiary alicyclic amines) is 1. The van der Waals surface area contributed by atoms with Gasteiger partial charge in [0.05, 0.1) is 29.0 Å². The van der Waals surface area contributed by atoms with Crippen LogP contribution in [-0.2, 0) is 17.5 Å². The Hall–Kier alpha value is -4.00. The number of benzene rings is 2. The number of carbonyl (C=O) groups excluding carboxylic acids is 3. The van der Waals surface area contributed by atoms with E-state index in [1.54, 1.807) is 19.1 Å². The van der Waals surface area contributed by atoms with Crippen molar-refractivity contribution < 1.29 is 32.7 Å². The summed E-state index contributed by atoms with van der Waals surface area (Å²) in [7, 11) is 0. The minimum atomic E-state index is -4.70. The summed E-state index contributed by atoms with van der Waals surface area (Å²) in [6, 6.07) is 6.46. The predicted octanol–water partition coefficient (Wildman–Crippen LogP) is 2.26. The first-order valence-corrected chi connectivity index (χ1v) is 11.6. The number of phenolic OH excluding ortho intramolecular Hbond substituents is 1. The van der Waals surface area contributed by atoms with E-state index in [1.165, 1.54) is 6.07 Å². The van der Waals surface area contributed by atoms with E-state index in [0.29, 0.717) is 32.1 Å². The number of nitrogens with two attached hydrogens (primary N) is 1. The number of phenols is 1. The summed E-state index contributed by atoms with van der Waals surface area (Å²) in [5.74, 6) is -1.43. The van der Waals surface area contributed by atoms with Crippen molar-refractivity contribution in [2.24, 2.45) is 0 Å². The normalized spacial score (nSPS) is 15.7. The predicted molar refractivity (Wildman–Crippen MR) is 131 cm³/mol. The highest BCUT2D eigenvalue weighted by molar-refractivity contribution is 6.04. The average molecular weight is 523 g/mol. The molecule has 0 spiro atoms. The number of halogens is 3. The Morgan fingerprint density at radius 2 is 1.89 bits per heavy atom. The molecule has 2 aromatic rings. The third-order valence-corrected chi connectivity index (χ3v) is 5.72. The number of nitrogen functional groups attached to an aromatic ring is 1. The van der Waals surface area contributed by atoms with Gasteiger partial charge >= 0.3 is 12.2 Å². The van der Waals surface area contributed by atoms with Gasteiger partial charge in [0, 0.05) is 32.2 Å². The molecule has 1 fully saturated rings. The second-order valence-electron chi connectivity index (χ2n) is 8.61. The molecule has 200 valence electrons. The van der Waals surface area contributed by atoms with Crippen molar-refractivity contribution in [1.29, 1.82) is 0 Å². The van der Waals surface area contributed by atoms with Crippen LogP contribution in [0.2, 0.25) is 0 Å². The number of hydrogen-bond donors (Lipinski definition) is 6. The fourth-order valence-electron chi connectivity index (χ4n) is 3.93. The minimum Gasteiger partial charge on any atom is -0.506 e. The fourth-order valence-corrected chi connectivity index (χ4v) is 3.93. The lowest BCUT2D eigenvalue weighted by molar-refractivity contribution is -0.137. The fraction of sp³-hybridized carbons (Fsp3) is 0.375. The van der Waals surface area contributed by atoms with Crippen molar-refractivity contribution in [2.75, 3.05) is 37.2 Å². The molecule has 7 N–H and O–H groups in total. The van der Waals surface area contributed by atoms with E-state index >= 15 is 0 Å². The number of hydrogen-bond acceptors (Lipinski definition) is 6. The zero-order chi connectivity index (χ0) is 27.2. The summed E-state index contributed by atoms with van der Waals surface area (Å²) in [6.07, 6.45) is -4.03. The summed E-state index contributed by atoms with van der Waals surface area (Å²) in [6.45, 7) is 3.30. The van der Waals surface area contributed by atoms with E-state index in [2.05, 4.69) is 26.2 Å². The van der Waals surface area contributed by atoms with Gasteiger partial charge in [-0.25, -0.2) is 4.79 Å². The van der Waals surface area contributed by atoms with Crippen molar-refractivity contribution in [3.8, 4) is 5.75 Å². The van der Waals surface area contributed by atoms with Crippen LogP contribution in [0.15, 0.2) is 36.4 Å². The maximum absolute atomic E-state index is 13.2. The smallest absolute Gasteiger partial charge is 0.416 e. The van der Waals surface area contributed by atoms with Gasteiger partial charge in [0.1, 0.15) is 5.75 Å². The number of anilines is 2. The summed E-state index contributed by atoms with van der Waals surface area (Å²) in [4.78, 5) is 39.0. The van der Waals surface area contributed by atoms with E-state index in [4.69, 9.17) is 5.73 Å². The van der Waals surface area contributed by atoms with Crippen LogP contribution in [0.25, 0.3) is 0 Å². The van der Waals surface area contributed by atoms with E-state index in [1.807, 2.05) is 0 Å². The largest absolute Gasteiger partial charge is 0.506 e. The molecule has 2 aromatic carbocycles. The molecule has 3 rings (SSSR count). The molecule has 10 nitrogen and oxygen atoms in total. The van der Waals surface area contributed by atoms with Gasteiger partial charge in [-0.2, -0.15) is 13.2 Å². The number of nitrogens with one attached hydrogen (secondary N) is 4. The molecule has 1 heterocycles. The van der Waals surface area contributed by atoms with Crippen LogP contribution in [0, 0.1) is 0 Å². The summed E-state index contributed by atoms with van der Waals surface area (Å²) < 4.78 is 39.5. The van der Waals surface area contributed by atoms with Crippen LogP contribution >= 0.6 is 0 Å². The minimum absolute atomic E-state index is 0.00891. The number of nitrogens with zero attached hydrogens (tertiary/aromatic N) is 1. The van der Waals surface area contributed by atoms with Crippen LogP contribution in [0.5, 0.6) is 5.75 Å². The second-order valence-corrected chi connectivity index (χ2v) is 8.61. The number of rotatable bonds is 8. The SMILES string of the molecule is CCNC(=O)Nc1ccc(C(F)(F)F)cc1C(=O)NCC(=O)N[C@H]1CCN(Cc2ccc(O)c(N)c2)C1. The van der Waals surface area contributed by atoms with Gasteiger partial charge in [-0.15, -0.1) is 0 Å². The van der Waals surface area contributed by atoms with Gasteiger partial charge in [0.15, 0.2) is 0 Å². The van der Waals surface area contributed by atoms with Crippen LogP contribution in [0.4, 0.5) is 29.3 Å². The monoisotopic (exact) mass is 522 g/mol. The topological polar surface area (TPSA) is 149 Å². The first-order valence-electron chi connectivity index (χ1n) is 11.6. The highest BCUT2D eigenvalue weighted by Gasteiger charge is 2.32. The van der Waals surface area contributed by atoms with Gasteiger partial charge < -0.3 is 32.1 Å². The van der Waals surface area contributed by atoms with Gasteiger partial charge in [-0.3, -0.25) is 14.5 Å². The molecule has 0 radical (unpaired) electrons. The van der Waals surface area contributed by atoms with Crippen molar-refractivity contribution in [3.05, 3.63) is 53.1 Å². The molecule has 4 amide bonds. The first-order chi connectivity index (χ1) is 17.5. The molecule has 0 aliphatic carbocycles. The van der Waals surface area contributed by atoms with Crippen molar-refractivity contribution in [1.82, 2.24) is 20.9 Å². The first kappa shape index (κ1) is 27.6. The molecule has 1 saturated heterocycles. The molecule has 0 unspecified atom stereocenters. The van der Waals surface area contributed by atoms with Gasteiger partial charge in [0.2, 0.25) is 5.91 Å². The molecular formula is C24H29F3N6O4. The zero-order valence-electron chi connectivity index (χ0n) is 20.1. The summed E-state index contributed by atoms with van der Waals surface area (Å²) in [5, 5.41) is 19.4. The maximum Gasteiger partial charge on any atom is 0.416 e. The van der Waals surface area contributed by atoms with Gasteiger partial charge in [0.25, 0.3) is 5.91 Å². The average Bonchev–Trinajstić information content (AvgIpc) is 3.26. The lowest BCUT2D eigenvalue weighted by Gasteiger charge is -2.18. The Bertz CT molecular complexity index is 1160. The van der Waals surface area contributed by atoms with Crippen molar-refractivity contribution in [2.45, 2.75) is 32.1 Å². The molecule has 13 heteroatoms. The Morgan fingerprint density at radius 1 is 1.14 bits per heavy atom. The van der Waals surface area contributed by atoms with E-state index < -0.39 is 41.7 Å². The number of amides is 4. The molecule has 37 heavy (non-hydrogen) atoms. The third kappa shape index (κ3) is 7.74. The Balaban J connectivity index is 1.56. The number of aromatic hydroxyl groups is 1. The van der Waals surface area contributed by atoms with E-state index in [0.717, 1.165) is 17.7 Å². The molecular weight excluding hydrogens is 493 g/mol. The summed E-state index contributed by atoms with van der Waals surface area (Å²) in [5.41, 5.74) is 5.30. The van der Waals surface area contributed by atoms with Gasteiger partial charge in [-0.05, 0) is 49.2 Å². The van der Waals surface area contributed by atoms with Gasteiger partial charge in [-0.1, -0.05) is 6.07 Å². The molecule has 0 bridgehead atoms. The van der Waals surface area contributed by atoms with E-state index in [-0.39, 0.29) is 29.7 Å². The van der Waals surface area contributed by atoms with Crippen LogP contribution in [0.3, 0.4) is 0 Å². The Labute approximate surface area is 211 Å². The number of carbonyl (C=O) groups is 3. The highest BCUT2D eigenvalue weighted by Crippen LogP contribution is 2.32. The summed E-state index contributed by atoms with van der Waals surface area (Å²) >= 11 is 0. The van der Waals surface area contributed by atoms with Crippen molar-refractivity contribution >= 4 is 29.2 Å². The zero-order valence-corrected chi connectivity index (χ0v) is 20.1.